The molecule has 0 fully saturated rings. The minimum absolute atomic E-state index is 0.212. The molecule has 0 unspecified atom stereocenters. The van der Waals surface area contributed by atoms with E-state index in [9.17, 15) is 13.6 Å². The summed E-state index contributed by atoms with van der Waals surface area (Å²) in [5.74, 6) is -3.64. The van der Waals surface area contributed by atoms with Crippen LogP contribution in [0.3, 0.4) is 0 Å². The zero-order chi connectivity index (χ0) is 20.4. The van der Waals surface area contributed by atoms with Crippen molar-refractivity contribution in [2.45, 2.75) is 6.92 Å². The number of rotatable bonds is 9. The van der Waals surface area contributed by atoms with Gasteiger partial charge in [0, 0.05) is 6.08 Å². The summed E-state index contributed by atoms with van der Waals surface area (Å²) in [7, 11) is 0. The molecule has 0 rings (SSSR count). The van der Waals surface area contributed by atoms with E-state index < -0.39 is 34.5 Å². The average molecular weight is 355 g/mol. The number of allylic oxidation sites excluding steroid dienone is 9. The van der Waals surface area contributed by atoms with E-state index in [-0.39, 0.29) is 5.57 Å². The number of hydrogen-bond acceptors (Lipinski definition) is 3. The number of nitriles is 1. The Hall–Kier alpha value is -3.52. The first-order valence-electron chi connectivity index (χ1n) is 7.15. The molecule has 0 radical (unpaired) electrons. The van der Waals surface area contributed by atoms with Crippen molar-refractivity contribution >= 4 is 5.97 Å². The second kappa shape index (κ2) is 10.4. The van der Waals surface area contributed by atoms with Crippen LogP contribution in [0.25, 0.3) is 0 Å². The summed E-state index contributed by atoms with van der Waals surface area (Å²) in [6, 6.07) is 1.48. The predicted molar refractivity (Wildman–Crippen MR) is 99.7 cm³/mol. The van der Waals surface area contributed by atoms with Crippen LogP contribution in [0.1, 0.15) is 6.92 Å². The van der Waals surface area contributed by atoms with Gasteiger partial charge in [-0.2, -0.15) is 5.26 Å². The predicted octanol–water partition coefficient (Wildman–Crippen LogP) is 5.63. The van der Waals surface area contributed by atoms with E-state index in [1.807, 2.05) is 0 Å². The molecule has 0 aliphatic heterocycles. The molecule has 134 valence electrons. The molecule has 0 aliphatic rings. The first-order chi connectivity index (χ1) is 12.0. The fraction of sp³-hybridized carbons (Fsp3) is 0.0476. The Bertz CT molecular complexity index is 831. The summed E-state index contributed by atoms with van der Waals surface area (Å²) in [6.45, 7) is 22.5. The second-order valence-electron chi connectivity index (χ2n) is 5.14. The van der Waals surface area contributed by atoms with Gasteiger partial charge in [-0.15, -0.1) is 0 Å². The van der Waals surface area contributed by atoms with Crippen molar-refractivity contribution in [1.29, 1.82) is 5.26 Å². The molecule has 0 aromatic heterocycles. The van der Waals surface area contributed by atoms with Crippen molar-refractivity contribution < 1.29 is 18.3 Å². The highest BCUT2D eigenvalue weighted by Crippen LogP contribution is 2.20. The summed E-state index contributed by atoms with van der Waals surface area (Å²) < 4.78 is 32.1. The molecular formula is C21H19F2NO2. The third kappa shape index (κ3) is 7.84. The molecule has 0 atom stereocenters. The monoisotopic (exact) mass is 355 g/mol. The van der Waals surface area contributed by atoms with Crippen LogP contribution in [-0.2, 0) is 9.53 Å². The molecule has 5 heteroatoms. The Labute approximate surface area is 152 Å². The van der Waals surface area contributed by atoms with Crippen molar-refractivity contribution in [2.24, 2.45) is 0 Å². The normalized spacial score (nSPS) is 11.5. The largest absolute Gasteiger partial charge is 0.423 e. The van der Waals surface area contributed by atoms with Crippen LogP contribution in [0, 0.1) is 11.3 Å². The van der Waals surface area contributed by atoms with Crippen LogP contribution >= 0.6 is 0 Å². The van der Waals surface area contributed by atoms with Crippen molar-refractivity contribution in [3.63, 3.8) is 0 Å². The molecule has 0 N–H and O–H groups in total. The van der Waals surface area contributed by atoms with Crippen molar-refractivity contribution in [3.8, 4) is 6.07 Å². The van der Waals surface area contributed by atoms with Gasteiger partial charge in [0.2, 0.25) is 0 Å². The van der Waals surface area contributed by atoms with E-state index in [0.717, 1.165) is 11.6 Å². The molecule has 0 saturated carbocycles. The lowest BCUT2D eigenvalue weighted by atomic mass is 10.1. The van der Waals surface area contributed by atoms with Gasteiger partial charge in [-0.1, -0.05) is 57.2 Å². The van der Waals surface area contributed by atoms with E-state index in [1.165, 1.54) is 6.07 Å². The summed E-state index contributed by atoms with van der Waals surface area (Å²) in [5.41, 5.74) is 0.314. The third-order valence-electron chi connectivity index (χ3n) is 2.75. The van der Waals surface area contributed by atoms with Crippen LogP contribution in [0.2, 0.25) is 0 Å². The Morgan fingerprint density at radius 3 is 2.04 bits per heavy atom. The molecule has 0 amide bonds. The summed E-state index contributed by atoms with van der Waals surface area (Å²) in [5, 5.41) is 8.49. The van der Waals surface area contributed by atoms with Gasteiger partial charge in [-0.05, 0) is 24.1 Å². The van der Waals surface area contributed by atoms with Gasteiger partial charge in [-0.3, -0.25) is 0 Å². The van der Waals surface area contributed by atoms with Gasteiger partial charge in [0.1, 0.15) is 23.5 Å². The Morgan fingerprint density at radius 1 is 0.962 bits per heavy atom. The number of nitrogens with zero attached hydrogens (tertiary/aromatic N) is 1. The second-order valence-corrected chi connectivity index (χ2v) is 5.14. The van der Waals surface area contributed by atoms with E-state index in [2.05, 4.69) is 44.2 Å². The number of carbonyl (C=O) groups excluding carboxylic acids is 1. The molecule has 0 bridgehead atoms. The first-order valence-corrected chi connectivity index (χ1v) is 7.15. The van der Waals surface area contributed by atoms with Crippen molar-refractivity contribution in [3.05, 3.63) is 109 Å². The quantitative estimate of drug-likeness (QED) is 0.177. The van der Waals surface area contributed by atoms with E-state index in [0.29, 0.717) is 11.6 Å². The van der Waals surface area contributed by atoms with Crippen molar-refractivity contribution in [2.75, 3.05) is 0 Å². The van der Waals surface area contributed by atoms with E-state index in [4.69, 9.17) is 5.26 Å². The van der Waals surface area contributed by atoms with Gasteiger partial charge < -0.3 is 4.74 Å². The highest BCUT2D eigenvalue weighted by Gasteiger charge is 2.16. The maximum atomic E-state index is 14.1. The van der Waals surface area contributed by atoms with Crippen LogP contribution in [0.15, 0.2) is 109 Å². The van der Waals surface area contributed by atoms with Crippen LogP contribution in [0.5, 0.6) is 0 Å². The fourth-order valence-electron chi connectivity index (χ4n) is 1.27. The fourth-order valence-corrected chi connectivity index (χ4v) is 1.27. The van der Waals surface area contributed by atoms with E-state index >= 15 is 0 Å². The Balaban J connectivity index is 5.05. The molecule has 0 heterocycles. The molecule has 0 aromatic rings. The van der Waals surface area contributed by atoms with Gasteiger partial charge in [0.25, 0.3) is 0 Å². The van der Waals surface area contributed by atoms with Crippen LogP contribution in [0.4, 0.5) is 8.78 Å². The number of esters is 1. The molecular weight excluding hydrogens is 336 g/mol. The van der Waals surface area contributed by atoms with Crippen LogP contribution < -0.4 is 0 Å². The highest BCUT2D eigenvalue weighted by molar-refractivity contribution is 5.92. The topological polar surface area (TPSA) is 50.1 Å². The molecule has 0 aromatic carbocycles. The molecule has 3 nitrogen and oxygen atoms in total. The zero-order valence-electron chi connectivity index (χ0n) is 14.6. The lowest BCUT2D eigenvalue weighted by Crippen LogP contribution is -2.06. The Kier molecular flexibility index (Phi) is 8.96. The first kappa shape index (κ1) is 22.5. The molecule has 26 heavy (non-hydrogen) atoms. The molecule has 0 aliphatic carbocycles. The standard InChI is InChI=1S/C21H19F2NO2/c1-13(2)8-9-14(3)15(4)10-20(23)18(7)21(25)26-17(6)11-19(22)16(5)12-24/h8-11H,1,3-7H2,2H3/b9-8-,19-11+,20-10+. The highest BCUT2D eigenvalue weighted by atomic mass is 19.1. The SMILES string of the molecule is C=C(C)/C=C\C(=C)C(=C)/C=C(/F)C(=C)C(=O)OC(=C)/C=C(/F)C(=C)C#N. The van der Waals surface area contributed by atoms with Gasteiger partial charge in [0.15, 0.2) is 0 Å². The van der Waals surface area contributed by atoms with E-state index in [1.54, 1.807) is 19.1 Å². The molecule has 0 spiro atoms. The van der Waals surface area contributed by atoms with Gasteiger partial charge >= 0.3 is 5.97 Å². The number of ether oxygens (including phenoxy) is 1. The number of hydrogen-bond donors (Lipinski definition) is 0. The smallest absolute Gasteiger partial charge is 0.345 e. The summed E-state index contributed by atoms with van der Waals surface area (Å²) in [6.07, 6.45) is 4.91. The van der Waals surface area contributed by atoms with Gasteiger partial charge in [-0.25, -0.2) is 13.6 Å². The lowest BCUT2D eigenvalue weighted by molar-refractivity contribution is -0.134. The minimum Gasteiger partial charge on any atom is -0.423 e. The van der Waals surface area contributed by atoms with Crippen molar-refractivity contribution in [1.82, 2.24) is 0 Å². The lowest BCUT2D eigenvalue weighted by Gasteiger charge is -2.06. The Morgan fingerprint density at radius 2 is 1.54 bits per heavy atom. The zero-order valence-corrected chi connectivity index (χ0v) is 14.6. The number of carbonyl (C=O) groups is 1. The van der Waals surface area contributed by atoms with Gasteiger partial charge in [0.05, 0.1) is 11.1 Å². The maximum Gasteiger partial charge on any atom is 0.345 e. The summed E-state index contributed by atoms with van der Waals surface area (Å²) >= 11 is 0. The molecule has 0 saturated heterocycles. The number of halogens is 2. The van der Waals surface area contributed by atoms with Crippen LogP contribution in [-0.4, -0.2) is 5.97 Å². The third-order valence-corrected chi connectivity index (χ3v) is 2.75. The minimum atomic E-state index is -1.17. The summed E-state index contributed by atoms with van der Waals surface area (Å²) in [4.78, 5) is 11.8. The average Bonchev–Trinajstić information content (AvgIpc) is 2.57. The maximum absolute atomic E-state index is 14.1.